The average molecular weight is 1780 g/mol. The molecule has 29 nitrogen and oxygen atoms in total. The second kappa shape index (κ2) is 36.9. The summed E-state index contributed by atoms with van der Waals surface area (Å²) in [7, 11) is 0. The number of hydrogen-bond acceptors (Lipinski definition) is 28. The Morgan fingerprint density at radius 3 is 1.25 bits per heavy atom. The summed E-state index contributed by atoms with van der Waals surface area (Å²) in [4.78, 5) is 95.3. The predicted molar refractivity (Wildman–Crippen MR) is 386 cm³/mol. The van der Waals surface area contributed by atoms with Crippen LogP contribution in [0.2, 0.25) is 5.15 Å². The highest BCUT2D eigenvalue weighted by molar-refractivity contribution is 9.10. The van der Waals surface area contributed by atoms with E-state index in [9.17, 15) is 102 Å². The lowest BCUT2D eigenvalue weighted by Gasteiger charge is -2.28. The van der Waals surface area contributed by atoms with Crippen LogP contribution >= 0.6 is 27.5 Å². The van der Waals surface area contributed by atoms with E-state index in [1.165, 1.54) is 55.2 Å². The van der Waals surface area contributed by atoms with Crippen molar-refractivity contribution in [2.75, 3.05) is 60.6 Å². The van der Waals surface area contributed by atoms with Crippen molar-refractivity contribution in [1.29, 1.82) is 0 Å². The van der Waals surface area contributed by atoms with Crippen LogP contribution in [-0.2, 0) is 43.2 Å². The number of rotatable bonds is 5. The molecule has 16 heterocycles. The van der Waals surface area contributed by atoms with Gasteiger partial charge in [0.25, 0.3) is 5.56 Å². The average Bonchev–Trinajstić information content (AvgIpc) is 0.772. The molecule has 0 radical (unpaired) electrons. The van der Waals surface area contributed by atoms with Gasteiger partial charge in [-0.3, -0.25) is 14.6 Å². The Hall–Kier alpha value is -12.7. The molecule has 16 rings (SSSR count). The zero-order valence-electron chi connectivity index (χ0n) is 59.0. The van der Waals surface area contributed by atoms with Crippen molar-refractivity contribution >= 4 is 134 Å². The Morgan fingerprint density at radius 2 is 0.782 bits per heavy atom. The molecule has 2 aliphatic rings. The number of fused-ring (bicyclic) bond motifs is 7. The summed E-state index contributed by atoms with van der Waals surface area (Å²) in [6.45, 7) is 4.98. The van der Waals surface area contributed by atoms with Gasteiger partial charge < -0.3 is 37.0 Å². The number of halogens is 23. The van der Waals surface area contributed by atoms with Gasteiger partial charge in [-0.2, -0.15) is 92.2 Å². The number of aromatic nitrogens is 20. The summed E-state index contributed by atoms with van der Waals surface area (Å²) in [6, 6.07) is 14.9. The molecule has 0 aromatic carbocycles. The topological polar surface area (TPSA) is 398 Å². The summed E-state index contributed by atoms with van der Waals surface area (Å²) in [5, 5.41) is 12.1. The van der Waals surface area contributed by atoms with E-state index < -0.39 is 88.7 Å². The van der Waals surface area contributed by atoms with Crippen LogP contribution in [-0.4, -0.2) is 151 Å². The number of nitrogen functional groups attached to an aromatic ring is 2. The Bertz CT molecular complexity index is 5910. The maximum absolute atomic E-state index is 12.7. The van der Waals surface area contributed by atoms with Gasteiger partial charge in [-0.1, -0.05) is 11.6 Å². The number of piperazine rings is 1. The number of piperidine rings is 1. The number of aldehydes is 1. The summed E-state index contributed by atoms with van der Waals surface area (Å²) in [5.74, 6) is 6.66. The smallest absolute Gasteiger partial charge is 0.383 e. The van der Waals surface area contributed by atoms with E-state index in [-0.39, 0.29) is 78.7 Å². The molecule has 0 unspecified atom stereocenters. The number of nitrogens with one attached hydrogen (secondary N) is 5. The van der Waals surface area contributed by atoms with E-state index in [4.69, 9.17) is 23.2 Å². The van der Waals surface area contributed by atoms with Crippen LogP contribution in [0, 0.1) is 0 Å². The van der Waals surface area contributed by atoms with Crippen molar-refractivity contribution in [3.05, 3.63) is 195 Å². The molecule has 0 atom stereocenters. The van der Waals surface area contributed by atoms with Gasteiger partial charge in [-0.05, 0) is 127 Å². The molecule has 14 aromatic heterocycles. The summed E-state index contributed by atoms with van der Waals surface area (Å²) < 4.78 is 261. The minimum Gasteiger partial charge on any atom is -0.383 e. The first-order chi connectivity index (χ1) is 56.0. The Balaban J connectivity index is 0.000000147. The number of carbonyl (C=O) groups excluding carboxylic acids is 1. The van der Waals surface area contributed by atoms with Crippen molar-refractivity contribution < 1.29 is 97.0 Å². The van der Waals surface area contributed by atoms with Gasteiger partial charge in [0.2, 0.25) is 0 Å². The molecule has 0 saturated carbocycles. The molecule has 0 aliphatic carbocycles. The quantitative estimate of drug-likeness (QED) is 0.0277. The fourth-order valence-electron chi connectivity index (χ4n) is 10.5. The molecule has 14 aromatic rings. The van der Waals surface area contributed by atoms with Gasteiger partial charge in [-0.25, -0.2) is 95.6 Å². The van der Waals surface area contributed by atoms with E-state index in [1.807, 2.05) is 4.90 Å². The number of pyridine rings is 8. The fourth-order valence-corrected chi connectivity index (χ4v) is 11.1. The van der Waals surface area contributed by atoms with Gasteiger partial charge in [0, 0.05) is 43.8 Å². The lowest BCUT2D eigenvalue weighted by atomic mass is 10.1. The van der Waals surface area contributed by atoms with Crippen molar-refractivity contribution in [1.82, 2.24) is 110 Å². The van der Waals surface area contributed by atoms with Gasteiger partial charge in [0.15, 0.2) is 46.0 Å². The minimum absolute atomic E-state index is 0.0329. The highest BCUT2D eigenvalue weighted by Gasteiger charge is 2.38. The molecule has 0 bridgehead atoms. The van der Waals surface area contributed by atoms with Crippen LogP contribution in [0.25, 0.3) is 77.1 Å². The molecule has 2 saturated heterocycles. The van der Waals surface area contributed by atoms with Gasteiger partial charge in [0.1, 0.15) is 99.8 Å². The number of anilines is 4. The van der Waals surface area contributed by atoms with Crippen molar-refractivity contribution in [2.24, 2.45) is 5.84 Å². The number of nitrogens with zero attached hydrogens (tertiary/aromatic N) is 20. The van der Waals surface area contributed by atoms with Crippen molar-refractivity contribution in [3.8, 4) is 0 Å². The Labute approximate surface area is 662 Å². The number of nitrogens with two attached hydrogens (primary N) is 2. The zero-order valence-corrected chi connectivity index (χ0v) is 61.4. The first kappa shape index (κ1) is 88.7. The number of hydrogen-bond donors (Lipinski definition) is 7. The van der Waals surface area contributed by atoms with Crippen LogP contribution in [0.1, 0.15) is 63.2 Å². The van der Waals surface area contributed by atoms with Crippen LogP contribution < -0.4 is 43.4 Å². The molecule has 624 valence electrons. The van der Waals surface area contributed by atoms with E-state index in [0.717, 1.165) is 126 Å². The van der Waals surface area contributed by atoms with Crippen molar-refractivity contribution in [3.63, 3.8) is 0 Å². The van der Waals surface area contributed by atoms with Gasteiger partial charge >= 0.3 is 43.2 Å². The second-order valence-electron chi connectivity index (χ2n) is 23.9. The highest BCUT2D eigenvalue weighted by atomic mass is 79.9. The Kier molecular flexibility index (Phi) is 27.5. The largest absolute Gasteiger partial charge is 0.433 e. The predicted octanol–water partition coefficient (Wildman–Crippen LogP) is 13.9. The van der Waals surface area contributed by atoms with Crippen LogP contribution in [0.5, 0.6) is 0 Å². The number of carbonyl (C=O) groups is 1. The minimum atomic E-state index is -4.53. The molecule has 2 fully saturated rings. The molecule has 0 spiro atoms. The van der Waals surface area contributed by atoms with E-state index in [1.54, 1.807) is 0 Å². The zero-order chi connectivity index (χ0) is 86.6. The van der Waals surface area contributed by atoms with Crippen LogP contribution in [0.15, 0.2) is 138 Å². The van der Waals surface area contributed by atoms with Crippen molar-refractivity contribution in [2.45, 2.75) is 62.1 Å². The van der Waals surface area contributed by atoms with Crippen LogP contribution in [0.3, 0.4) is 0 Å². The third-order valence-electron chi connectivity index (χ3n) is 16.0. The number of H-pyrrole nitrogens is 1. The van der Waals surface area contributed by atoms with Crippen LogP contribution in [0.4, 0.5) is 115 Å². The second-order valence-corrected chi connectivity index (χ2v) is 25.2. The Morgan fingerprint density at radius 1 is 0.420 bits per heavy atom. The first-order valence-corrected chi connectivity index (χ1v) is 34.3. The summed E-state index contributed by atoms with van der Waals surface area (Å²) in [6.07, 6.45) is -21.1. The standard InChI is InChI=1S/C13H14F3N5.C12H12F3N5.C10H4BrF3N2O.C8H3ClF3N3.C8H6F3N5.C8H5F3N4.C8H4F3N3O/c14-13(15,16)10-2-1-9-11(18-7-19-12(9)21-10)20-8-3-5-17-6-4-8;13-12(14,15)9-2-1-8-10(19-9)17-7-18-11(8)20-5-3-16-4-6-20;11-6-3-15-7(4-17)5-1-2-8(10(12,13)14)16-9(5)6;9-6-4-1-2-5(8(10,11)12)15-7(4)14-3-13-6;9-8(10,11)5-2-1-4-6(15-5)13-3-14-7(4)16-12;9-8(10,11)5-2-1-4-6(12)13-3-14-7(4)15-5;9-8(10,11)5-2-1-4-6(14-5)12-3-13-7(4)15/h1-2,7-8,17H,3-6H2,(H,18,19,20,21);1-2,7,16H,3-6H2;1-4H;1-3H;1-3H,12H2,(H,13,14,15,16);1-3H,(H2,12,13,14,15);1-3H,(H,12,13,14,15). The lowest BCUT2D eigenvalue weighted by molar-refractivity contribution is -0.141. The van der Waals surface area contributed by atoms with E-state index in [0.29, 0.717) is 49.3 Å². The third-order valence-corrected chi connectivity index (χ3v) is 16.9. The summed E-state index contributed by atoms with van der Waals surface area (Å²) >= 11 is 8.70. The van der Waals surface area contributed by atoms with E-state index >= 15 is 0 Å². The molecule has 52 heteroatoms. The molecule has 2 aliphatic heterocycles. The monoisotopic (exact) mass is 1780 g/mol. The third kappa shape index (κ3) is 23.0. The molecular weight excluding hydrogens is 1730 g/mol. The van der Waals surface area contributed by atoms with E-state index in [2.05, 4.69) is 137 Å². The van der Waals surface area contributed by atoms with Gasteiger partial charge in [0.05, 0.1) is 48.6 Å². The number of alkyl halides is 21. The maximum Gasteiger partial charge on any atom is 0.433 e. The normalized spacial score (nSPS) is 13.6. The number of aromatic amines is 1. The highest BCUT2D eigenvalue weighted by Crippen LogP contribution is 2.37. The molecular formula is C67H48BrClF21N27O2. The first-order valence-electron chi connectivity index (χ1n) is 33.1. The number of hydrazine groups is 1. The lowest BCUT2D eigenvalue weighted by Crippen LogP contribution is -2.44. The fraction of sp³-hybridized carbons (Fsp3) is 0.239. The van der Waals surface area contributed by atoms with Gasteiger partial charge in [-0.15, -0.1) is 0 Å². The maximum atomic E-state index is 12.7. The molecule has 0 amide bonds. The summed E-state index contributed by atoms with van der Waals surface area (Å²) in [5.41, 5.74) is 0.109. The molecule has 9 N–H and O–H groups in total. The SMILES string of the molecule is FC(F)(F)c1ccc2c(Cl)ncnc2n1.FC(F)(F)c1ccc2c(N3CCNCC3)ncnc2n1.FC(F)(F)c1ccc2c(NC3CCNCC3)ncnc2n1.NNc1ncnc2nc(C(F)(F)F)ccc12.Nc1ncnc2nc(C(F)(F)F)ccc12.O=Cc1ncc(Br)c2nc(C(F)(F)F)ccc12.O=c1[nH]cnc2nc(C(F)(F)F)ccc12. The molecule has 119 heavy (non-hydrogen) atoms.